The van der Waals surface area contributed by atoms with E-state index in [1.165, 1.54) is 10.9 Å². The number of nitrogens with one attached hydrogen (secondary N) is 1. The normalized spacial score (nSPS) is 10.8. The third-order valence-corrected chi connectivity index (χ3v) is 3.16. The van der Waals surface area contributed by atoms with Crippen LogP contribution in [0.2, 0.25) is 0 Å². The second-order valence-electron chi connectivity index (χ2n) is 3.44. The van der Waals surface area contributed by atoms with Crippen LogP contribution in [-0.2, 0) is 6.42 Å². The topological polar surface area (TPSA) is 25.0 Å². The second kappa shape index (κ2) is 4.62. The van der Waals surface area contributed by atoms with Crippen LogP contribution >= 0.6 is 11.8 Å². The number of fused-ring (bicyclic) bond motifs is 1. The average Bonchev–Trinajstić information content (AvgIpc) is 2.69. The molecule has 1 aromatic carbocycles. The molecule has 0 bridgehead atoms. The predicted molar refractivity (Wildman–Crippen MR) is 66.9 cm³/mol. The molecule has 2 nitrogen and oxygen atoms in total. The Morgan fingerprint density at radius 1 is 1.40 bits per heavy atom. The van der Waals surface area contributed by atoms with Crippen molar-refractivity contribution in [2.24, 2.45) is 0 Å². The van der Waals surface area contributed by atoms with Crippen molar-refractivity contribution in [3.05, 3.63) is 30.0 Å². The van der Waals surface area contributed by atoms with E-state index in [9.17, 15) is 0 Å². The van der Waals surface area contributed by atoms with Crippen LogP contribution in [0.3, 0.4) is 0 Å². The molecule has 0 saturated heterocycles. The fraction of sp³-hybridized carbons (Fsp3) is 0.333. The van der Waals surface area contributed by atoms with Crippen molar-refractivity contribution in [1.82, 2.24) is 4.98 Å². The molecule has 0 unspecified atom stereocenters. The summed E-state index contributed by atoms with van der Waals surface area (Å²) in [7, 11) is 1.72. The van der Waals surface area contributed by atoms with Gasteiger partial charge in [-0.25, -0.2) is 0 Å². The van der Waals surface area contributed by atoms with Gasteiger partial charge in [0, 0.05) is 17.1 Å². The highest BCUT2D eigenvalue weighted by Gasteiger charge is 2.07. The van der Waals surface area contributed by atoms with Crippen LogP contribution in [-0.4, -0.2) is 24.1 Å². The molecule has 1 N–H and O–H groups in total. The molecule has 0 radical (unpaired) electrons. The van der Waals surface area contributed by atoms with E-state index < -0.39 is 0 Å². The standard InChI is InChI=1S/C12H15NOS/c1-14-11-5-3-4-10-12(11)9(8-13-10)6-7-15-2/h3-5,8,13H,6-7H2,1-2H3. The molecule has 1 aromatic heterocycles. The highest BCUT2D eigenvalue weighted by Crippen LogP contribution is 2.29. The van der Waals surface area contributed by atoms with Crippen molar-refractivity contribution in [2.75, 3.05) is 19.1 Å². The van der Waals surface area contributed by atoms with Gasteiger partial charge in [0.05, 0.1) is 7.11 Å². The molecule has 1 heterocycles. The average molecular weight is 221 g/mol. The molecular weight excluding hydrogens is 206 g/mol. The Hall–Kier alpha value is -1.09. The predicted octanol–water partition coefficient (Wildman–Crippen LogP) is 3.08. The van der Waals surface area contributed by atoms with E-state index in [2.05, 4.69) is 23.5 Å². The summed E-state index contributed by atoms with van der Waals surface area (Å²) in [5.41, 5.74) is 2.50. The summed E-state index contributed by atoms with van der Waals surface area (Å²) in [5, 5.41) is 1.23. The minimum absolute atomic E-state index is 0.963. The molecule has 2 aromatic rings. The third kappa shape index (κ3) is 1.97. The first kappa shape index (κ1) is 10.4. The maximum Gasteiger partial charge on any atom is 0.128 e. The van der Waals surface area contributed by atoms with E-state index >= 15 is 0 Å². The fourth-order valence-corrected chi connectivity index (χ4v) is 2.22. The summed E-state index contributed by atoms with van der Waals surface area (Å²) in [6, 6.07) is 6.11. The van der Waals surface area contributed by atoms with Crippen molar-refractivity contribution in [3.8, 4) is 5.75 Å². The minimum Gasteiger partial charge on any atom is -0.496 e. The van der Waals surface area contributed by atoms with Crippen LogP contribution in [0.5, 0.6) is 5.75 Å². The Morgan fingerprint density at radius 2 is 2.27 bits per heavy atom. The molecule has 0 aliphatic carbocycles. The Bertz CT molecular complexity index is 450. The Morgan fingerprint density at radius 3 is 3.00 bits per heavy atom. The maximum absolute atomic E-state index is 5.38. The first-order valence-corrected chi connectivity index (χ1v) is 6.38. The molecule has 2 rings (SSSR count). The van der Waals surface area contributed by atoms with Gasteiger partial charge in [0.1, 0.15) is 5.75 Å². The Labute approximate surface area is 94.0 Å². The number of aromatic nitrogens is 1. The van der Waals surface area contributed by atoms with Gasteiger partial charge in [0.2, 0.25) is 0 Å². The number of benzene rings is 1. The first-order chi connectivity index (χ1) is 7.36. The number of ether oxygens (including phenoxy) is 1. The number of hydrogen-bond donors (Lipinski definition) is 1. The zero-order chi connectivity index (χ0) is 10.7. The molecule has 0 saturated carbocycles. The third-order valence-electron chi connectivity index (χ3n) is 2.54. The van der Waals surface area contributed by atoms with E-state index in [0.29, 0.717) is 0 Å². The molecule has 0 aliphatic rings. The van der Waals surface area contributed by atoms with Crippen LogP contribution in [0.25, 0.3) is 10.9 Å². The highest BCUT2D eigenvalue weighted by atomic mass is 32.2. The lowest BCUT2D eigenvalue weighted by Gasteiger charge is -2.03. The van der Waals surface area contributed by atoms with Gasteiger partial charge in [0.25, 0.3) is 0 Å². The number of H-pyrrole nitrogens is 1. The van der Waals surface area contributed by atoms with Crippen molar-refractivity contribution < 1.29 is 4.74 Å². The number of thioether (sulfide) groups is 1. The number of rotatable bonds is 4. The minimum atomic E-state index is 0.963. The van der Waals surface area contributed by atoms with Gasteiger partial charge in [-0.1, -0.05) is 6.07 Å². The zero-order valence-electron chi connectivity index (χ0n) is 9.04. The van der Waals surface area contributed by atoms with Crippen LogP contribution in [0.15, 0.2) is 24.4 Å². The molecule has 0 aliphatic heterocycles. The van der Waals surface area contributed by atoms with Gasteiger partial charge in [-0.3, -0.25) is 0 Å². The van der Waals surface area contributed by atoms with E-state index in [0.717, 1.165) is 23.4 Å². The molecule has 3 heteroatoms. The highest BCUT2D eigenvalue weighted by molar-refractivity contribution is 7.98. The summed E-state index contributed by atoms with van der Waals surface area (Å²) in [5.74, 6) is 2.11. The quantitative estimate of drug-likeness (QED) is 0.858. The van der Waals surface area contributed by atoms with Crippen molar-refractivity contribution >= 4 is 22.7 Å². The van der Waals surface area contributed by atoms with Crippen LogP contribution in [0.1, 0.15) is 5.56 Å². The van der Waals surface area contributed by atoms with Crippen molar-refractivity contribution in [1.29, 1.82) is 0 Å². The lowest BCUT2D eigenvalue weighted by atomic mass is 10.1. The van der Waals surface area contributed by atoms with Gasteiger partial charge >= 0.3 is 0 Å². The molecule has 80 valence electrons. The summed E-state index contributed by atoms with van der Waals surface area (Å²) in [4.78, 5) is 3.28. The lowest BCUT2D eigenvalue weighted by Crippen LogP contribution is -1.89. The Kier molecular flexibility index (Phi) is 3.21. The van der Waals surface area contributed by atoms with Crippen LogP contribution < -0.4 is 4.74 Å². The number of aromatic amines is 1. The zero-order valence-corrected chi connectivity index (χ0v) is 9.86. The lowest BCUT2D eigenvalue weighted by molar-refractivity contribution is 0.419. The Balaban J connectivity index is 2.46. The van der Waals surface area contributed by atoms with Crippen molar-refractivity contribution in [3.63, 3.8) is 0 Å². The number of aryl methyl sites for hydroxylation is 1. The molecule has 15 heavy (non-hydrogen) atoms. The second-order valence-corrected chi connectivity index (χ2v) is 4.43. The van der Waals surface area contributed by atoms with E-state index in [-0.39, 0.29) is 0 Å². The smallest absolute Gasteiger partial charge is 0.128 e. The molecule has 0 amide bonds. The SMILES string of the molecule is COc1cccc2[nH]cc(CCSC)c12. The van der Waals surface area contributed by atoms with Gasteiger partial charge in [-0.15, -0.1) is 0 Å². The number of hydrogen-bond acceptors (Lipinski definition) is 2. The van der Waals surface area contributed by atoms with E-state index in [4.69, 9.17) is 4.74 Å². The van der Waals surface area contributed by atoms with E-state index in [1.807, 2.05) is 23.9 Å². The van der Waals surface area contributed by atoms with Crippen molar-refractivity contribution in [2.45, 2.75) is 6.42 Å². The summed E-state index contributed by atoms with van der Waals surface area (Å²) >= 11 is 1.87. The molecular formula is C12H15NOS. The summed E-state index contributed by atoms with van der Waals surface area (Å²) in [6.07, 6.45) is 5.30. The van der Waals surface area contributed by atoms with Gasteiger partial charge in [-0.05, 0) is 36.1 Å². The van der Waals surface area contributed by atoms with Crippen LogP contribution in [0.4, 0.5) is 0 Å². The van der Waals surface area contributed by atoms with Gasteiger partial charge in [0.15, 0.2) is 0 Å². The van der Waals surface area contributed by atoms with Gasteiger partial charge < -0.3 is 9.72 Å². The fourth-order valence-electron chi connectivity index (χ4n) is 1.80. The van der Waals surface area contributed by atoms with Crippen LogP contribution in [0, 0.1) is 0 Å². The number of methoxy groups -OCH3 is 1. The largest absolute Gasteiger partial charge is 0.496 e. The van der Waals surface area contributed by atoms with E-state index in [1.54, 1.807) is 7.11 Å². The first-order valence-electron chi connectivity index (χ1n) is 4.98. The van der Waals surface area contributed by atoms with Gasteiger partial charge in [-0.2, -0.15) is 11.8 Å². The monoisotopic (exact) mass is 221 g/mol. The summed E-state index contributed by atoms with van der Waals surface area (Å²) < 4.78 is 5.38. The maximum atomic E-state index is 5.38. The molecule has 0 atom stereocenters. The summed E-state index contributed by atoms with van der Waals surface area (Å²) in [6.45, 7) is 0. The molecule has 0 spiro atoms. The molecule has 0 fully saturated rings.